The molecule has 2 aromatic rings. The molecule has 2 rings (SSSR count). The minimum absolute atomic E-state index is 0.102. The molecule has 8 heteroatoms. The number of ether oxygens (including phenoxy) is 2. The summed E-state index contributed by atoms with van der Waals surface area (Å²) < 4.78 is 23.4. The van der Waals surface area contributed by atoms with E-state index in [-0.39, 0.29) is 23.9 Å². The lowest BCUT2D eigenvalue weighted by Crippen LogP contribution is -2.35. The topological polar surface area (TPSA) is 76.7 Å². The van der Waals surface area contributed by atoms with E-state index in [0.29, 0.717) is 11.4 Å². The van der Waals surface area contributed by atoms with Gasteiger partial charge in [0, 0.05) is 6.07 Å². The molecule has 0 spiro atoms. The summed E-state index contributed by atoms with van der Waals surface area (Å²) in [5, 5.41) is 4.99. The van der Waals surface area contributed by atoms with E-state index in [4.69, 9.17) is 21.1 Å². The van der Waals surface area contributed by atoms with E-state index in [2.05, 4.69) is 10.6 Å². The molecule has 0 atom stereocenters. The summed E-state index contributed by atoms with van der Waals surface area (Å²) in [6.07, 6.45) is 0. The molecule has 0 radical (unpaired) electrons. The Kier molecular flexibility index (Phi) is 6.80. The zero-order valence-electron chi connectivity index (χ0n) is 14.3. The molecular formula is C18H18ClFN2O4. The Balaban J connectivity index is 1.80. The predicted octanol–water partition coefficient (Wildman–Crippen LogP) is 2.93. The van der Waals surface area contributed by atoms with Crippen molar-refractivity contribution in [3.8, 4) is 11.5 Å². The third kappa shape index (κ3) is 5.63. The van der Waals surface area contributed by atoms with Crippen LogP contribution in [0.3, 0.4) is 0 Å². The molecule has 138 valence electrons. The first-order chi connectivity index (χ1) is 12.4. The Labute approximate surface area is 155 Å². The van der Waals surface area contributed by atoms with E-state index in [0.717, 1.165) is 11.6 Å². The van der Waals surface area contributed by atoms with Gasteiger partial charge in [0.1, 0.15) is 17.3 Å². The molecule has 2 aromatic carbocycles. The first kappa shape index (κ1) is 19.5. The molecule has 0 unspecified atom stereocenters. The van der Waals surface area contributed by atoms with E-state index in [1.54, 1.807) is 12.1 Å². The minimum atomic E-state index is -0.577. The Hall–Kier alpha value is -2.80. The highest BCUT2D eigenvalue weighted by atomic mass is 35.5. The van der Waals surface area contributed by atoms with Gasteiger partial charge in [-0.15, -0.1) is 0 Å². The smallest absolute Gasteiger partial charge is 0.258 e. The average molecular weight is 381 g/mol. The van der Waals surface area contributed by atoms with E-state index >= 15 is 0 Å². The van der Waals surface area contributed by atoms with Crippen LogP contribution in [0.5, 0.6) is 11.5 Å². The van der Waals surface area contributed by atoms with Crippen molar-refractivity contribution in [1.82, 2.24) is 5.32 Å². The molecule has 0 aliphatic rings. The van der Waals surface area contributed by atoms with Gasteiger partial charge in [0.2, 0.25) is 5.91 Å². The van der Waals surface area contributed by atoms with Gasteiger partial charge in [-0.3, -0.25) is 9.59 Å². The van der Waals surface area contributed by atoms with Crippen LogP contribution in [-0.4, -0.2) is 32.1 Å². The van der Waals surface area contributed by atoms with Crippen LogP contribution < -0.4 is 20.1 Å². The number of anilines is 1. The molecule has 0 aliphatic carbocycles. The summed E-state index contributed by atoms with van der Waals surface area (Å²) in [6, 6.07) is 9.12. The van der Waals surface area contributed by atoms with Crippen molar-refractivity contribution in [2.75, 3.05) is 25.6 Å². The Morgan fingerprint density at radius 2 is 1.92 bits per heavy atom. The quantitative estimate of drug-likeness (QED) is 0.774. The first-order valence-corrected chi connectivity index (χ1v) is 8.06. The maximum atomic E-state index is 13.0. The van der Waals surface area contributed by atoms with Gasteiger partial charge in [-0.25, -0.2) is 4.39 Å². The van der Waals surface area contributed by atoms with Gasteiger partial charge >= 0.3 is 0 Å². The number of methoxy groups -OCH3 is 1. The molecular weight excluding hydrogens is 363 g/mol. The van der Waals surface area contributed by atoms with E-state index in [9.17, 15) is 14.0 Å². The molecule has 2 amide bonds. The number of amides is 2. The zero-order valence-corrected chi connectivity index (χ0v) is 15.0. The number of benzene rings is 2. The van der Waals surface area contributed by atoms with Crippen LogP contribution in [0.15, 0.2) is 36.4 Å². The van der Waals surface area contributed by atoms with Crippen LogP contribution in [0.2, 0.25) is 5.02 Å². The fraction of sp³-hybridized carbons (Fsp3) is 0.222. The normalized spacial score (nSPS) is 10.2. The highest BCUT2D eigenvalue weighted by Gasteiger charge is 2.10. The molecule has 0 saturated carbocycles. The van der Waals surface area contributed by atoms with E-state index < -0.39 is 17.6 Å². The second-order valence-electron chi connectivity index (χ2n) is 5.39. The third-order valence-electron chi connectivity index (χ3n) is 3.34. The summed E-state index contributed by atoms with van der Waals surface area (Å²) in [5.41, 5.74) is 1.47. The molecule has 6 nitrogen and oxygen atoms in total. The highest BCUT2D eigenvalue weighted by molar-refractivity contribution is 6.30. The summed E-state index contributed by atoms with van der Waals surface area (Å²) in [4.78, 5) is 23.7. The summed E-state index contributed by atoms with van der Waals surface area (Å²) in [6.45, 7) is 1.32. The molecule has 2 N–H and O–H groups in total. The number of halogens is 2. The van der Waals surface area contributed by atoms with E-state index in [1.165, 1.54) is 19.2 Å². The van der Waals surface area contributed by atoms with Crippen molar-refractivity contribution in [2.45, 2.75) is 6.92 Å². The van der Waals surface area contributed by atoms with Gasteiger partial charge in [0.05, 0.1) is 24.4 Å². The molecule has 0 aromatic heterocycles. The number of hydrogen-bond acceptors (Lipinski definition) is 4. The largest absolute Gasteiger partial charge is 0.495 e. The summed E-state index contributed by atoms with van der Waals surface area (Å²) >= 11 is 5.63. The fourth-order valence-electron chi connectivity index (χ4n) is 2.06. The number of carbonyl (C=O) groups is 2. The lowest BCUT2D eigenvalue weighted by atomic mass is 10.2. The van der Waals surface area contributed by atoms with Gasteiger partial charge in [0.15, 0.2) is 6.61 Å². The zero-order chi connectivity index (χ0) is 19.1. The molecule has 0 bridgehead atoms. The number of aryl methyl sites for hydroxylation is 1. The van der Waals surface area contributed by atoms with Gasteiger partial charge in [-0.05, 0) is 36.8 Å². The van der Waals surface area contributed by atoms with Gasteiger partial charge in [-0.2, -0.15) is 0 Å². The van der Waals surface area contributed by atoms with Gasteiger partial charge < -0.3 is 20.1 Å². The minimum Gasteiger partial charge on any atom is -0.495 e. The van der Waals surface area contributed by atoms with Crippen molar-refractivity contribution in [2.24, 2.45) is 0 Å². The number of carbonyl (C=O) groups excluding carboxylic acids is 2. The average Bonchev–Trinajstić information content (AvgIpc) is 2.61. The maximum absolute atomic E-state index is 13.0. The fourth-order valence-corrected chi connectivity index (χ4v) is 2.23. The lowest BCUT2D eigenvalue weighted by molar-refractivity contribution is -0.125. The third-order valence-corrected chi connectivity index (χ3v) is 3.63. The van der Waals surface area contributed by atoms with Crippen molar-refractivity contribution < 1.29 is 23.5 Å². The van der Waals surface area contributed by atoms with Crippen molar-refractivity contribution in [3.63, 3.8) is 0 Å². The van der Waals surface area contributed by atoms with Crippen molar-refractivity contribution >= 4 is 29.1 Å². The Morgan fingerprint density at radius 3 is 2.62 bits per heavy atom. The van der Waals surface area contributed by atoms with Crippen molar-refractivity contribution in [1.29, 1.82) is 0 Å². The molecule has 0 saturated heterocycles. The van der Waals surface area contributed by atoms with Gasteiger partial charge in [0.25, 0.3) is 5.91 Å². The molecule has 26 heavy (non-hydrogen) atoms. The van der Waals surface area contributed by atoms with Crippen LogP contribution >= 0.6 is 11.6 Å². The number of nitrogens with one attached hydrogen (secondary N) is 2. The van der Waals surface area contributed by atoms with E-state index in [1.807, 2.05) is 13.0 Å². The number of hydrogen-bond donors (Lipinski definition) is 2. The summed E-state index contributed by atoms with van der Waals surface area (Å²) in [7, 11) is 1.50. The molecule has 0 fully saturated rings. The SMILES string of the molecule is COc1ccc(C)cc1NC(=O)CNC(=O)COc1ccc(F)c(Cl)c1. The number of rotatable bonds is 7. The lowest BCUT2D eigenvalue weighted by Gasteiger charge is -2.12. The van der Waals surface area contributed by atoms with Gasteiger partial charge in [-0.1, -0.05) is 17.7 Å². The molecule has 0 aliphatic heterocycles. The summed E-state index contributed by atoms with van der Waals surface area (Å²) in [5.74, 6) is -0.720. The van der Waals surface area contributed by atoms with Crippen LogP contribution in [0, 0.1) is 12.7 Å². The Bertz CT molecular complexity index is 814. The Morgan fingerprint density at radius 1 is 1.15 bits per heavy atom. The maximum Gasteiger partial charge on any atom is 0.258 e. The van der Waals surface area contributed by atoms with Crippen LogP contribution in [-0.2, 0) is 9.59 Å². The first-order valence-electron chi connectivity index (χ1n) is 7.68. The standard InChI is InChI=1S/C18H18ClFN2O4/c1-11-3-6-16(25-2)15(7-11)22-17(23)9-21-18(24)10-26-12-4-5-14(20)13(19)8-12/h3-8H,9-10H2,1-2H3,(H,21,24)(H,22,23). The van der Waals surface area contributed by atoms with Crippen LogP contribution in [0.25, 0.3) is 0 Å². The molecule has 0 heterocycles. The van der Waals surface area contributed by atoms with Crippen LogP contribution in [0.1, 0.15) is 5.56 Å². The van der Waals surface area contributed by atoms with Crippen LogP contribution in [0.4, 0.5) is 10.1 Å². The second kappa shape index (κ2) is 9.05. The monoisotopic (exact) mass is 380 g/mol. The predicted molar refractivity (Wildman–Crippen MR) is 96.3 cm³/mol. The highest BCUT2D eigenvalue weighted by Crippen LogP contribution is 2.25. The second-order valence-corrected chi connectivity index (χ2v) is 5.80. The van der Waals surface area contributed by atoms with Crippen molar-refractivity contribution in [3.05, 3.63) is 52.8 Å².